The van der Waals surface area contributed by atoms with Crippen molar-refractivity contribution >= 4 is 23.8 Å². The number of hydrogen-bond acceptors (Lipinski definition) is 4. The van der Waals surface area contributed by atoms with Crippen LogP contribution in [0.3, 0.4) is 0 Å². The molecule has 3 rings (SSSR count). The van der Waals surface area contributed by atoms with E-state index in [0.717, 1.165) is 23.7 Å². The maximum absolute atomic E-state index is 12.3. The lowest BCUT2D eigenvalue weighted by atomic mass is 10.00. The van der Waals surface area contributed by atoms with Gasteiger partial charge in [0.25, 0.3) is 5.91 Å². The van der Waals surface area contributed by atoms with Gasteiger partial charge in [0.2, 0.25) is 0 Å². The number of nitrogens with one attached hydrogen (secondary N) is 1. The maximum Gasteiger partial charge on any atom is 0.346 e. The highest BCUT2D eigenvalue weighted by Crippen LogP contribution is 2.22. The van der Waals surface area contributed by atoms with Crippen LogP contribution in [0.15, 0.2) is 29.4 Å². The first kappa shape index (κ1) is 16.5. The van der Waals surface area contributed by atoms with E-state index in [1.165, 1.54) is 24.9 Å². The predicted octanol–water partition coefficient (Wildman–Crippen LogP) is 2.73. The highest BCUT2D eigenvalue weighted by Gasteiger charge is 2.46. The van der Waals surface area contributed by atoms with Gasteiger partial charge in [-0.05, 0) is 50.3 Å². The molecule has 2 saturated heterocycles. The Morgan fingerprint density at radius 2 is 1.83 bits per heavy atom. The molecule has 1 aromatic carbocycles. The molecule has 2 aliphatic heterocycles. The molecule has 1 atom stereocenters. The number of hydrogen-bond donors (Lipinski definition) is 1. The van der Waals surface area contributed by atoms with Gasteiger partial charge in [0.05, 0.1) is 6.21 Å². The summed E-state index contributed by atoms with van der Waals surface area (Å²) in [4.78, 5) is 26.6. The largest absolute Gasteiger partial charge is 0.372 e. The van der Waals surface area contributed by atoms with Crippen LogP contribution in [0.4, 0.5) is 10.5 Å². The Labute approximate surface area is 142 Å². The lowest BCUT2D eigenvalue weighted by Gasteiger charge is -2.28. The fraction of sp³-hybridized carbons (Fsp3) is 0.500. The minimum Gasteiger partial charge on any atom is -0.372 e. The third-order valence-corrected chi connectivity index (χ3v) is 4.88. The van der Waals surface area contributed by atoms with Crippen molar-refractivity contribution in [2.24, 2.45) is 5.10 Å². The average Bonchev–Trinajstić information content (AvgIpc) is 2.84. The number of rotatable bonds is 4. The topological polar surface area (TPSA) is 65.0 Å². The van der Waals surface area contributed by atoms with Gasteiger partial charge in [-0.3, -0.25) is 4.79 Å². The number of imide groups is 1. The molecule has 0 bridgehead atoms. The van der Waals surface area contributed by atoms with Crippen molar-refractivity contribution in [1.82, 2.24) is 10.3 Å². The quantitative estimate of drug-likeness (QED) is 0.683. The van der Waals surface area contributed by atoms with E-state index in [1.807, 2.05) is 19.1 Å². The van der Waals surface area contributed by atoms with Crippen LogP contribution < -0.4 is 10.2 Å². The van der Waals surface area contributed by atoms with Crippen LogP contribution >= 0.6 is 0 Å². The third kappa shape index (κ3) is 3.13. The van der Waals surface area contributed by atoms with Gasteiger partial charge in [-0.25, -0.2) is 4.79 Å². The highest BCUT2D eigenvalue weighted by molar-refractivity contribution is 6.07. The number of amides is 3. The Bertz CT molecular complexity index is 649. The Kier molecular flexibility index (Phi) is 4.55. The van der Waals surface area contributed by atoms with Gasteiger partial charge in [0.15, 0.2) is 0 Å². The van der Waals surface area contributed by atoms with E-state index in [9.17, 15) is 9.59 Å². The van der Waals surface area contributed by atoms with Crippen molar-refractivity contribution in [3.8, 4) is 0 Å². The molecule has 2 aliphatic rings. The number of carbonyl (C=O) groups excluding carboxylic acids is 2. The summed E-state index contributed by atoms with van der Waals surface area (Å²) in [5.41, 5.74) is 1.22. The molecule has 0 unspecified atom stereocenters. The Morgan fingerprint density at radius 3 is 2.42 bits per heavy atom. The molecular weight excluding hydrogens is 304 g/mol. The van der Waals surface area contributed by atoms with Crippen LogP contribution in [0.5, 0.6) is 0 Å². The second-order valence-corrected chi connectivity index (χ2v) is 6.62. The van der Waals surface area contributed by atoms with Crippen LogP contribution in [-0.2, 0) is 4.79 Å². The fourth-order valence-electron chi connectivity index (χ4n) is 3.06. The lowest BCUT2D eigenvalue weighted by molar-refractivity contribution is -0.130. The van der Waals surface area contributed by atoms with E-state index in [1.54, 1.807) is 13.1 Å². The third-order valence-electron chi connectivity index (χ3n) is 4.88. The zero-order valence-electron chi connectivity index (χ0n) is 14.3. The van der Waals surface area contributed by atoms with Gasteiger partial charge in [-0.2, -0.15) is 5.10 Å². The molecule has 24 heavy (non-hydrogen) atoms. The predicted molar refractivity (Wildman–Crippen MR) is 94.2 cm³/mol. The number of nitrogens with zero attached hydrogens (tertiary/aromatic N) is 3. The Morgan fingerprint density at radius 1 is 1.17 bits per heavy atom. The molecule has 6 nitrogen and oxygen atoms in total. The molecule has 1 N–H and O–H groups in total. The Balaban J connectivity index is 1.68. The number of urea groups is 1. The van der Waals surface area contributed by atoms with E-state index < -0.39 is 11.6 Å². The van der Waals surface area contributed by atoms with E-state index in [2.05, 4.69) is 27.5 Å². The molecule has 0 radical (unpaired) electrons. The summed E-state index contributed by atoms with van der Waals surface area (Å²) in [6, 6.07) is 7.59. The molecule has 2 heterocycles. The summed E-state index contributed by atoms with van der Waals surface area (Å²) < 4.78 is 0. The number of carbonyl (C=O) groups is 2. The molecule has 0 spiro atoms. The van der Waals surface area contributed by atoms with Crippen molar-refractivity contribution in [2.45, 2.75) is 45.1 Å². The highest BCUT2D eigenvalue weighted by atomic mass is 16.2. The SMILES string of the molecule is CC[C@]1(C)NC(=O)N(N=Cc2ccc(N3CCCCC3)cc2)C1=O. The standard InChI is InChI=1S/C18H24N4O2/c1-3-18(2)16(23)22(17(24)20-18)19-13-14-7-9-15(10-8-14)21-11-5-4-6-12-21/h7-10,13H,3-6,11-12H2,1-2H3,(H,20,24)/t18-/m0/s1. The first-order valence-corrected chi connectivity index (χ1v) is 8.59. The summed E-state index contributed by atoms with van der Waals surface area (Å²) in [6.45, 7) is 5.79. The summed E-state index contributed by atoms with van der Waals surface area (Å²) in [7, 11) is 0. The van der Waals surface area contributed by atoms with E-state index >= 15 is 0 Å². The molecule has 0 saturated carbocycles. The first-order valence-electron chi connectivity index (χ1n) is 8.59. The van der Waals surface area contributed by atoms with Gasteiger partial charge in [0, 0.05) is 18.8 Å². The number of hydrazone groups is 1. The van der Waals surface area contributed by atoms with Crippen molar-refractivity contribution in [3.05, 3.63) is 29.8 Å². The van der Waals surface area contributed by atoms with Crippen molar-refractivity contribution in [3.63, 3.8) is 0 Å². The van der Waals surface area contributed by atoms with Gasteiger partial charge >= 0.3 is 6.03 Å². The van der Waals surface area contributed by atoms with Gasteiger partial charge < -0.3 is 10.2 Å². The van der Waals surface area contributed by atoms with Gasteiger partial charge in [-0.15, -0.1) is 5.01 Å². The normalized spacial score (nSPS) is 24.8. The van der Waals surface area contributed by atoms with Crippen LogP contribution in [0.25, 0.3) is 0 Å². The van der Waals surface area contributed by atoms with Crippen molar-refractivity contribution in [1.29, 1.82) is 0 Å². The summed E-state index contributed by atoms with van der Waals surface area (Å²) in [5.74, 6) is -0.309. The van der Waals surface area contributed by atoms with Crippen molar-refractivity contribution in [2.75, 3.05) is 18.0 Å². The van der Waals surface area contributed by atoms with Gasteiger partial charge in [-0.1, -0.05) is 19.1 Å². The zero-order chi connectivity index (χ0) is 17.2. The monoisotopic (exact) mass is 328 g/mol. The van der Waals surface area contributed by atoms with E-state index in [-0.39, 0.29) is 5.91 Å². The lowest BCUT2D eigenvalue weighted by Crippen LogP contribution is -2.42. The van der Waals surface area contributed by atoms with Crippen LogP contribution in [0, 0.1) is 0 Å². The molecule has 0 aromatic heterocycles. The number of anilines is 1. The van der Waals surface area contributed by atoms with Crippen molar-refractivity contribution < 1.29 is 9.59 Å². The van der Waals surface area contributed by atoms with Crippen LogP contribution in [0.2, 0.25) is 0 Å². The van der Waals surface area contributed by atoms with Gasteiger partial charge in [0.1, 0.15) is 5.54 Å². The van der Waals surface area contributed by atoms with E-state index in [0.29, 0.717) is 6.42 Å². The minimum absolute atomic E-state index is 0.309. The first-order chi connectivity index (χ1) is 11.5. The Hall–Kier alpha value is -2.37. The zero-order valence-corrected chi connectivity index (χ0v) is 14.3. The van der Waals surface area contributed by atoms with E-state index in [4.69, 9.17) is 0 Å². The molecule has 1 aromatic rings. The molecular formula is C18H24N4O2. The molecule has 128 valence electrons. The molecule has 0 aliphatic carbocycles. The molecule has 3 amide bonds. The molecule has 6 heteroatoms. The number of benzene rings is 1. The second kappa shape index (κ2) is 6.63. The number of piperidine rings is 1. The average molecular weight is 328 g/mol. The smallest absolute Gasteiger partial charge is 0.346 e. The molecule has 2 fully saturated rings. The summed E-state index contributed by atoms with van der Waals surface area (Å²) in [6.07, 6.45) is 5.88. The maximum atomic E-state index is 12.3. The van der Waals surface area contributed by atoms with Crippen LogP contribution in [0.1, 0.15) is 45.1 Å². The van der Waals surface area contributed by atoms with Crippen LogP contribution in [-0.4, -0.2) is 41.8 Å². The minimum atomic E-state index is -0.855. The summed E-state index contributed by atoms with van der Waals surface area (Å²) >= 11 is 0. The summed E-state index contributed by atoms with van der Waals surface area (Å²) in [5, 5.41) is 7.68. The second-order valence-electron chi connectivity index (χ2n) is 6.62. The fourth-order valence-corrected chi connectivity index (χ4v) is 3.06.